The lowest BCUT2D eigenvalue weighted by Crippen LogP contribution is -2.20. The molecule has 0 radical (unpaired) electrons. The number of esters is 1. The largest absolute Gasteiger partial charge is 0.493 e. The fraction of sp³-hybridized carbons (Fsp3) is 0.143. The maximum Gasteiger partial charge on any atom is 0.337 e. The van der Waals surface area contributed by atoms with E-state index >= 15 is 0 Å². The molecule has 0 unspecified atom stereocenters. The average Bonchev–Trinajstić information content (AvgIpc) is 2.92. The molecule has 3 rings (SSSR count). The molecule has 0 aromatic heterocycles. The number of methoxy groups -OCH3 is 2. The van der Waals surface area contributed by atoms with E-state index in [1.807, 2.05) is 13.0 Å². The number of ether oxygens (including phenoxy) is 3. The van der Waals surface area contributed by atoms with E-state index < -0.39 is 11.9 Å². The number of benzene rings is 3. The van der Waals surface area contributed by atoms with Crippen LogP contribution in [-0.4, -0.2) is 38.6 Å². The Morgan fingerprint density at radius 2 is 1.66 bits per heavy atom. The number of nitrogens with one attached hydrogen (secondary N) is 2. The predicted molar refractivity (Wildman–Crippen MR) is 143 cm³/mol. The molecule has 9 nitrogen and oxygen atoms in total. The van der Waals surface area contributed by atoms with Gasteiger partial charge in [0.25, 0.3) is 11.8 Å². The summed E-state index contributed by atoms with van der Waals surface area (Å²) in [6, 6.07) is 17.9. The van der Waals surface area contributed by atoms with Crippen LogP contribution in [0.1, 0.15) is 21.5 Å². The van der Waals surface area contributed by atoms with Gasteiger partial charge in [0.05, 0.1) is 19.8 Å². The summed E-state index contributed by atoms with van der Waals surface area (Å²) in [5.41, 5.74) is 2.51. The molecule has 0 bridgehead atoms. The van der Waals surface area contributed by atoms with Crippen LogP contribution in [0.5, 0.6) is 11.5 Å². The van der Waals surface area contributed by atoms with Crippen molar-refractivity contribution in [1.29, 1.82) is 5.26 Å². The number of rotatable bonds is 9. The molecule has 3 aromatic rings. The molecule has 0 atom stereocenters. The Bertz CT molecular complexity index is 1430. The summed E-state index contributed by atoms with van der Waals surface area (Å²) in [6.07, 6.45) is 1.39. The number of amides is 2. The molecule has 0 aliphatic carbocycles. The maximum atomic E-state index is 12.6. The van der Waals surface area contributed by atoms with Gasteiger partial charge in [0, 0.05) is 16.4 Å². The summed E-state index contributed by atoms with van der Waals surface area (Å²) in [7, 11) is 2.70. The first-order chi connectivity index (χ1) is 18.2. The summed E-state index contributed by atoms with van der Waals surface area (Å²) >= 11 is 6.09. The van der Waals surface area contributed by atoms with Gasteiger partial charge in [-0.3, -0.25) is 9.59 Å². The Kier molecular flexibility index (Phi) is 9.46. The van der Waals surface area contributed by atoms with Crippen LogP contribution in [0.15, 0.2) is 66.2 Å². The Labute approximate surface area is 224 Å². The van der Waals surface area contributed by atoms with Crippen LogP contribution in [0.3, 0.4) is 0 Å². The zero-order chi connectivity index (χ0) is 27.7. The highest BCUT2D eigenvalue weighted by Crippen LogP contribution is 2.29. The quantitative estimate of drug-likeness (QED) is 0.225. The number of hydrogen-bond donors (Lipinski definition) is 2. The Balaban J connectivity index is 1.66. The van der Waals surface area contributed by atoms with E-state index in [2.05, 4.69) is 15.4 Å². The summed E-state index contributed by atoms with van der Waals surface area (Å²) in [5, 5.41) is 15.4. The number of nitriles is 1. The lowest BCUT2D eigenvalue weighted by atomic mass is 10.1. The number of anilines is 2. The minimum atomic E-state index is -0.634. The van der Waals surface area contributed by atoms with Crippen LogP contribution in [0.2, 0.25) is 5.02 Å². The van der Waals surface area contributed by atoms with Gasteiger partial charge in [-0.1, -0.05) is 23.7 Å². The molecule has 10 heteroatoms. The zero-order valence-electron chi connectivity index (χ0n) is 20.8. The third kappa shape index (κ3) is 7.35. The smallest absolute Gasteiger partial charge is 0.337 e. The van der Waals surface area contributed by atoms with Crippen LogP contribution in [-0.2, 0) is 14.3 Å². The summed E-state index contributed by atoms with van der Waals surface area (Å²) in [4.78, 5) is 36.4. The van der Waals surface area contributed by atoms with Crippen LogP contribution >= 0.6 is 11.6 Å². The van der Waals surface area contributed by atoms with Crippen molar-refractivity contribution >= 4 is 46.8 Å². The van der Waals surface area contributed by atoms with E-state index in [-0.39, 0.29) is 18.1 Å². The molecular weight excluding hydrogens is 510 g/mol. The van der Waals surface area contributed by atoms with Gasteiger partial charge in [0.2, 0.25) is 0 Å². The number of carbonyl (C=O) groups excluding carboxylic acids is 3. The van der Waals surface area contributed by atoms with E-state index in [1.165, 1.54) is 44.6 Å². The van der Waals surface area contributed by atoms with Gasteiger partial charge < -0.3 is 24.8 Å². The molecular formula is C28H24ClN3O6. The first-order valence-corrected chi connectivity index (χ1v) is 11.6. The van der Waals surface area contributed by atoms with Gasteiger partial charge in [0.1, 0.15) is 11.6 Å². The zero-order valence-corrected chi connectivity index (χ0v) is 21.6. The highest BCUT2D eigenvalue weighted by molar-refractivity contribution is 6.31. The highest BCUT2D eigenvalue weighted by atomic mass is 35.5. The first-order valence-electron chi connectivity index (χ1n) is 11.2. The average molecular weight is 534 g/mol. The second kappa shape index (κ2) is 12.9. The van der Waals surface area contributed by atoms with Crippen LogP contribution in [0, 0.1) is 18.3 Å². The van der Waals surface area contributed by atoms with Crippen molar-refractivity contribution in [3.05, 3.63) is 87.9 Å². The highest BCUT2D eigenvalue weighted by Gasteiger charge is 2.13. The van der Waals surface area contributed by atoms with E-state index in [1.54, 1.807) is 36.4 Å². The molecule has 0 fully saturated rings. The lowest BCUT2D eigenvalue weighted by Gasteiger charge is -2.12. The van der Waals surface area contributed by atoms with Crippen molar-refractivity contribution < 1.29 is 28.6 Å². The van der Waals surface area contributed by atoms with Gasteiger partial charge in [-0.15, -0.1) is 0 Å². The number of halogens is 1. The third-order valence-corrected chi connectivity index (χ3v) is 5.65. The molecule has 0 heterocycles. The summed E-state index contributed by atoms with van der Waals surface area (Å²) in [5.74, 6) is -0.917. The normalized spacial score (nSPS) is 10.7. The minimum Gasteiger partial charge on any atom is -0.493 e. The second-order valence-corrected chi connectivity index (χ2v) is 8.31. The fourth-order valence-corrected chi connectivity index (χ4v) is 3.41. The molecule has 38 heavy (non-hydrogen) atoms. The monoisotopic (exact) mass is 533 g/mol. The molecule has 0 aliphatic rings. The molecule has 0 saturated heterocycles. The molecule has 0 aliphatic heterocycles. The van der Waals surface area contributed by atoms with E-state index in [9.17, 15) is 19.6 Å². The van der Waals surface area contributed by atoms with Gasteiger partial charge in [-0.2, -0.15) is 5.26 Å². The number of aryl methyl sites for hydroxylation is 1. The summed E-state index contributed by atoms with van der Waals surface area (Å²) < 4.78 is 15.6. The van der Waals surface area contributed by atoms with Gasteiger partial charge in [0.15, 0.2) is 18.1 Å². The molecule has 2 amide bonds. The Morgan fingerprint density at radius 3 is 2.29 bits per heavy atom. The Morgan fingerprint density at radius 1 is 0.947 bits per heavy atom. The standard InChI is InChI=1S/C28H24ClN3O6/c1-17-4-8-22(14-23(17)29)31-26(33)16-38-24-11-5-18(13-25(24)36-2)12-20(15-30)27(34)32-21-9-6-19(7-10-21)28(35)37-3/h4-14H,16H2,1-3H3,(H,31,33)(H,32,34)/b20-12-. The second-order valence-electron chi connectivity index (χ2n) is 7.90. The topological polar surface area (TPSA) is 127 Å². The number of nitrogens with zero attached hydrogens (tertiary/aromatic N) is 1. The van der Waals surface area contributed by atoms with Crippen molar-refractivity contribution in [2.75, 3.05) is 31.5 Å². The van der Waals surface area contributed by atoms with E-state index in [0.717, 1.165) is 5.56 Å². The van der Waals surface area contributed by atoms with Gasteiger partial charge in [-0.05, 0) is 72.7 Å². The molecule has 0 saturated carbocycles. The molecule has 194 valence electrons. The van der Waals surface area contributed by atoms with Crippen molar-refractivity contribution in [3.8, 4) is 17.6 Å². The lowest BCUT2D eigenvalue weighted by molar-refractivity contribution is -0.118. The number of hydrogen-bond acceptors (Lipinski definition) is 7. The van der Waals surface area contributed by atoms with Gasteiger partial charge in [-0.25, -0.2) is 4.79 Å². The van der Waals surface area contributed by atoms with E-state index in [4.69, 9.17) is 21.1 Å². The van der Waals surface area contributed by atoms with Crippen molar-refractivity contribution in [2.45, 2.75) is 6.92 Å². The van der Waals surface area contributed by atoms with Gasteiger partial charge >= 0.3 is 5.97 Å². The molecule has 2 N–H and O–H groups in total. The first kappa shape index (κ1) is 27.8. The number of carbonyl (C=O) groups is 3. The fourth-order valence-electron chi connectivity index (χ4n) is 3.23. The van der Waals surface area contributed by atoms with Crippen molar-refractivity contribution in [2.24, 2.45) is 0 Å². The van der Waals surface area contributed by atoms with Crippen LogP contribution in [0.4, 0.5) is 11.4 Å². The maximum absolute atomic E-state index is 12.6. The van der Waals surface area contributed by atoms with Crippen molar-refractivity contribution in [1.82, 2.24) is 0 Å². The predicted octanol–water partition coefficient (Wildman–Crippen LogP) is 5.01. The van der Waals surface area contributed by atoms with E-state index in [0.29, 0.717) is 39.0 Å². The minimum absolute atomic E-state index is 0.158. The van der Waals surface area contributed by atoms with Crippen molar-refractivity contribution in [3.63, 3.8) is 0 Å². The van der Waals surface area contributed by atoms with Crippen LogP contribution in [0.25, 0.3) is 6.08 Å². The molecule has 3 aromatic carbocycles. The SMILES string of the molecule is COC(=O)c1ccc(NC(=O)/C(C#N)=C\c2ccc(OCC(=O)Nc3ccc(C)c(Cl)c3)c(OC)c2)cc1. The third-order valence-electron chi connectivity index (χ3n) is 5.24. The van der Waals surface area contributed by atoms with Crippen LogP contribution < -0.4 is 20.1 Å². The Hall–Kier alpha value is -4.81. The summed E-state index contributed by atoms with van der Waals surface area (Å²) in [6.45, 7) is 1.58. The molecule has 0 spiro atoms.